The monoisotopic (exact) mass is 233 g/mol. The summed E-state index contributed by atoms with van der Waals surface area (Å²) in [5.41, 5.74) is 0.616. The van der Waals surface area contributed by atoms with Gasteiger partial charge in [0.25, 0.3) is 5.69 Å². The van der Waals surface area contributed by atoms with E-state index < -0.39 is 11.0 Å². The summed E-state index contributed by atoms with van der Waals surface area (Å²) < 4.78 is 0. The zero-order valence-corrected chi connectivity index (χ0v) is 9.45. The molecule has 0 aliphatic rings. The van der Waals surface area contributed by atoms with Crippen LogP contribution in [-0.2, 0) is 0 Å². The molecule has 1 rings (SSSR count). The van der Waals surface area contributed by atoms with Gasteiger partial charge in [-0.2, -0.15) is 0 Å². The van der Waals surface area contributed by atoms with Crippen molar-refractivity contribution in [2.75, 3.05) is 0 Å². The molecule has 0 bridgehead atoms. The van der Waals surface area contributed by atoms with Crippen LogP contribution in [-0.4, -0.2) is 16.1 Å². The molecular weight excluding hydrogens is 218 g/mol. The molecule has 1 N–H and O–H groups in total. The molecule has 1 aromatic carbocycles. The van der Waals surface area contributed by atoms with Crippen LogP contribution in [0.3, 0.4) is 0 Å². The summed E-state index contributed by atoms with van der Waals surface area (Å²) in [4.78, 5) is 10.3. The van der Waals surface area contributed by atoms with E-state index in [9.17, 15) is 15.2 Å². The summed E-state index contributed by atoms with van der Waals surface area (Å²) in [6.07, 6.45) is 5.52. The van der Waals surface area contributed by atoms with E-state index in [2.05, 4.69) is 6.58 Å². The molecule has 0 fully saturated rings. The number of benzene rings is 1. The van der Waals surface area contributed by atoms with Crippen LogP contribution in [0.4, 0.5) is 5.69 Å². The van der Waals surface area contributed by atoms with Crippen LogP contribution < -0.4 is 0 Å². The van der Waals surface area contributed by atoms with Crippen molar-refractivity contribution < 1.29 is 10.0 Å². The Labute approximate surface area is 100 Å². The lowest BCUT2D eigenvalue weighted by Gasteiger charge is -2.02. The van der Waals surface area contributed by atoms with Crippen LogP contribution in [0.5, 0.6) is 0 Å². The lowest BCUT2D eigenvalue weighted by molar-refractivity contribution is -0.385. The number of nitro benzene ring substituents is 1. The van der Waals surface area contributed by atoms with Gasteiger partial charge in [0.1, 0.15) is 0 Å². The van der Waals surface area contributed by atoms with Crippen LogP contribution in [0.15, 0.2) is 43.0 Å². The minimum Gasteiger partial charge on any atom is -0.392 e. The molecule has 1 atom stereocenters. The topological polar surface area (TPSA) is 63.4 Å². The smallest absolute Gasteiger partial charge is 0.276 e. The van der Waals surface area contributed by atoms with Crippen molar-refractivity contribution in [1.82, 2.24) is 0 Å². The van der Waals surface area contributed by atoms with E-state index in [1.54, 1.807) is 36.4 Å². The number of rotatable bonds is 6. The first kappa shape index (κ1) is 13.1. The van der Waals surface area contributed by atoms with Gasteiger partial charge in [0.05, 0.1) is 16.6 Å². The van der Waals surface area contributed by atoms with Gasteiger partial charge >= 0.3 is 0 Å². The van der Waals surface area contributed by atoms with Crippen LogP contribution in [0.2, 0.25) is 0 Å². The van der Waals surface area contributed by atoms with E-state index in [0.29, 0.717) is 18.4 Å². The summed E-state index contributed by atoms with van der Waals surface area (Å²) in [6, 6.07) is 6.50. The molecule has 0 saturated carbocycles. The highest BCUT2D eigenvalue weighted by atomic mass is 16.6. The molecule has 0 aliphatic carbocycles. The van der Waals surface area contributed by atoms with Crippen LogP contribution in [0, 0.1) is 10.1 Å². The molecule has 0 aliphatic heterocycles. The molecule has 1 aromatic rings. The van der Waals surface area contributed by atoms with Gasteiger partial charge in [-0.05, 0) is 18.9 Å². The lowest BCUT2D eigenvalue weighted by Crippen LogP contribution is -2.01. The molecule has 0 radical (unpaired) electrons. The maximum atomic E-state index is 10.7. The van der Waals surface area contributed by atoms with Crippen LogP contribution in [0.1, 0.15) is 18.4 Å². The third kappa shape index (κ3) is 4.20. The van der Waals surface area contributed by atoms with E-state index in [0.717, 1.165) is 0 Å². The maximum Gasteiger partial charge on any atom is 0.276 e. The van der Waals surface area contributed by atoms with Gasteiger partial charge in [0.2, 0.25) is 0 Å². The van der Waals surface area contributed by atoms with E-state index >= 15 is 0 Å². The summed E-state index contributed by atoms with van der Waals surface area (Å²) in [6.45, 7) is 3.53. The van der Waals surface area contributed by atoms with Crippen molar-refractivity contribution in [2.45, 2.75) is 18.9 Å². The minimum absolute atomic E-state index is 0.0713. The molecule has 0 unspecified atom stereocenters. The Morgan fingerprint density at radius 2 is 2.12 bits per heavy atom. The quantitative estimate of drug-likeness (QED) is 0.466. The average molecular weight is 233 g/mol. The van der Waals surface area contributed by atoms with E-state index in [1.807, 2.05) is 0 Å². The van der Waals surface area contributed by atoms with E-state index in [-0.39, 0.29) is 5.69 Å². The number of para-hydroxylation sites is 1. The lowest BCUT2D eigenvalue weighted by atomic mass is 10.1. The molecule has 0 spiro atoms. The zero-order valence-electron chi connectivity index (χ0n) is 9.45. The van der Waals surface area contributed by atoms with Gasteiger partial charge in [-0.1, -0.05) is 30.4 Å². The number of nitro groups is 1. The first-order valence-electron chi connectivity index (χ1n) is 5.34. The number of hydrogen-bond acceptors (Lipinski definition) is 3. The Morgan fingerprint density at radius 3 is 2.76 bits per heavy atom. The molecule has 0 saturated heterocycles. The zero-order chi connectivity index (χ0) is 12.7. The molecule has 0 amide bonds. The van der Waals surface area contributed by atoms with Crippen molar-refractivity contribution >= 4 is 11.8 Å². The van der Waals surface area contributed by atoms with Crippen molar-refractivity contribution in [3.8, 4) is 0 Å². The second-order valence-electron chi connectivity index (χ2n) is 3.63. The fraction of sp³-hybridized carbons (Fsp3) is 0.231. The molecule has 90 valence electrons. The fourth-order valence-corrected chi connectivity index (χ4v) is 1.44. The molecule has 4 heteroatoms. The maximum absolute atomic E-state index is 10.7. The third-order valence-corrected chi connectivity index (χ3v) is 2.28. The van der Waals surface area contributed by atoms with Gasteiger partial charge in [0, 0.05) is 6.07 Å². The second-order valence-corrected chi connectivity index (χ2v) is 3.63. The largest absolute Gasteiger partial charge is 0.392 e. The summed E-state index contributed by atoms with van der Waals surface area (Å²) in [7, 11) is 0. The minimum atomic E-state index is -0.480. The first-order chi connectivity index (χ1) is 8.15. The van der Waals surface area contributed by atoms with Gasteiger partial charge < -0.3 is 5.11 Å². The van der Waals surface area contributed by atoms with E-state index in [4.69, 9.17) is 0 Å². The first-order valence-corrected chi connectivity index (χ1v) is 5.34. The number of nitrogens with zero attached hydrogens (tertiary/aromatic N) is 1. The van der Waals surface area contributed by atoms with Crippen LogP contribution >= 0.6 is 0 Å². The Bertz CT molecular complexity index is 426. The average Bonchev–Trinajstić information content (AvgIpc) is 2.30. The highest BCUT2D eigenvalue weighted by Crippen LogP contribution is 2.19. The molecule has 0 aromatic heterocycles. The summed E-state index contributed by atoms with van der Waals surface area (Å²) in [5.74, 6) is 0. The van der Waals surface area contributed by atoms with Gasteiger partial charge in [-0.25, -0.2) is 0 Å². The summed E-state index contributed by atoms with van der Waals surface area (Å²) in [5, 5.41) is 20.2. The third-order valence-electron chi connectivity index (χ3n) is 2.28. The van der Waals surface area contributed by atoms with Crippen molar-refractivity contribution in [1.29, 1.82) is 0 Å². The Balaban J connectivity index is 2.71. The number of aliphatic hydroxyl groups excluding tert-OH is 1. The fourth-order valence-electron chi connectivity index (χ4n) is 1.44. The number of aliphatic hydroxyl groups is 1. The van der Waals surface area contributed by atoms with Crippen LogP contribution in [0.25, 0.3) is 6.08 Å². The van der Waals surface area contributed by atoms with Crippen molar-refractivity contribution in [3.63, 3.8) is 0 Å². The van der Waals surface area contributed by atoms with Gasteiger partial charge in [-0.3, -0.25) is 10.1 Å². The van der Waals surface area contributed by atoms with E-state index in [1.165, 1.54) is 6.07 Å². The predicted molar refractivity (Wildman–Crippen MR) is 67.6 cm³/mol. The highest BCUT2D eigenvalue weighted by Gasteiger charge is 2.09. The standard InChI is InChI=1S/C13H15NO3/c1-2-6-12(15)9-5-8-11-7-3-4-10-13(11)14(16)17/h2-5,7-8,10,12,15H,1,6,9H2/b8-5+/t12-/m1/s1. The Hall–Kier alpha value is -1.94. The highest BCUT2D eigenvalue weighted by molar-refractivity contribution is 5.60. The second kappa shape index (κ2) is 6.60. The Kier molecular flexibility index (Phi) is 5.10. The number of hydrogen-bond donors (Lipinski definition) is 1. The van der Waals surface area contributed by atoms with Gasteiger partial charge in [0.15, 0.2) is 0 Å². The SMILES string of the molecule is C=CC[C@@H](O)C/C=C/c1ccccc1[N+](=O)[O-]. The summed E-state index contributed by atoms with van der Waals surface area (Å²) >= 11 is 0. The molecular formula is C13H15NO3. The predicted octanol–water partition coefficient (Wildman–Crippen LogP) is 2.94. The van der Waals surface area contributed by atoms with Crippen molar-refractivity contribution in [3.05, 3.63) is 58.7 Å². The van der Waals surface area contributed by atoms with Crippen molar-refractivity contribution in [2.24, 2.45) is 0 Å². The van der Waals surface area contributed by atoms with Gasteiger partial charge in [-0.15, -0.1) is 6.58 Å². The molecule has 4 nitrogen and oxygen atoms in total. The normalized spacial score (nSPS) is 12.5. The molecule has 0 heterocycles. The molecule has 17 heavy (non-hydrogen) atoms. The Morgan fingerprint density at radius 1 is 1.41 bits per heavy atom.